The fourth-order valence-corrected chi connectivity index (χ4v) is 2.93. The van der Waals surface area contributed by atoms with Crippen LogP contribution in [0.5, 0.6) is 0 Å². The summed E-state index contributed by atoms with van der Waals surface area (Å²) in [6, 6.07) is 3.33. The number of thiophene rings is 1. The Labute approximate surface area is 129 Å². The second-order valence-corrected chi connectivity index (χ2v) is 5.89. The monoisotopic (exact) mass is 380 g/mol. The van der Waals surface area contributed by atoms with Gasteiger partial charge in [0, 0.05) is 14.7 Å². The molecule has 0 saturated carbocycles. The van der Waals surface area contributed by atoms with Gasteiger partial charge in [0.15, 0.2) is 0 Å². The van der Waals surface area contributed by atoms with E-state index in [0.717, 1.165) is 15.4 Å². The van der Waals surface area contributed by atoms with Crippen LogP contribution in [-0.2, 0) is 12.7 Å². The first kappa shape index (κ1) is 15.8. The number of hydrogen-bond donors (Lipinski definition) is 2. The average Bonchev–Trinajstić information content (AvgIpc) is 2.80. The summed E-state index contributed by atoms with van der Waals surface area (Å²) in [5.41, 5.74) is -1.44. The molecule has 2 rings (SSSR count). The van der Waals surface area contributed by atoms with Gasteiger partial charge in [-0.15, -0.1) is 11.3 Å². The standard InChI is InChI=1S/C12H8BrF3N2O2S/c13-6-3-7(21-5-6)4-17-10-8(11(19)20)1-2-9(18-10)12(14,15)16/h1-3,5H,4H2,(H,17,18)(H,19,20). The van der Waals surface area contributed by atoms with Crippen LogP contribution in [0.2, 0.25) is 0 Å². The minimum absolute atomic E-state index is 0.185. The molecule has 0 fully saturated rings. The van der Waals surface area contributed by atoms with Gasteiger partial charge in [-0.05, 0) is 34.1 Å². The Hall–Kier alpha value is -1.61. The molecular weight excluding hydrogens is 373 g/mol. The zero-order valence-electron chi connectivity index (χ0n) is 10.2. The molecule has 0 atom stereocenters. The Bertz CT molecular complexity index is 673. The Morgan fingerprint density at radius 2 is 2.14 bits per heavy atom. The fourth-order valence-electron chi connectivity index (χ4n) is 1.54. The molecule has 2 N–H and O–H groups in total. The van der Waals surface area contributed by atoms with E-state index in [9.17, 15) is 18.0 Å². The Morgan fingerprint density at radius 1 is 1.43 bits per heavy atom. The lowest BCUT2D eigenvalue weighted by Crippen LogP contribution is -2.14. The molecule has 0 radical (unpaired) electrons. The van der Waals surface area contributed by atoms with Crippen LogP contribution in [0.1, 0.15) is 20.9 Å². The second-order valence-electron chi connectivity index (χ2n) is 3.98. The predicted molar refractivity (Wildman–Crippen MR) is 75.5 cm³/mol. The summed E-state index contributed by atoms with van der Waals surface area (Å²) in [5.74, 6) is -1.65. The van der Waals surface area contributed by atoms with Crippen LogP contribution in [0.4, 0.5) is 19.0 Å². The zero-order valence-corrected chi connectivity index (χ0v) is 12.6. The van der Waals surface area contributed by atoms with E-state index in [1.807, 2.05) is 5.38 Å². The minimum atomic E-state index is -4.63. The molecule has 0 amide bonds. The topological polar surface area (TPSA) is 62.2 Å². The summed E-state index contributed by atoms with van der Waals surface area (Å²) in [6.07, 6.45) is -4.63. The van der Waals surface area contributed by atoms with Crippen LogP contribution in [-0.4, -0.2) is 16.1 Å². The lowest BCUT2D eigenvalue weighted by atomic mass is 10.2. The van der Waals surface area contributed by atoms with Gasteiger partial charge in [0.25, 0.3) is 0 Å². The molecule has 0 aliphatic rings. The lowest BCUT2D eigenvalue weighted by molar-refractivity contribution is -0.141. The molecule has 0 aliphatic carbocycles. The second kappa shape index (κ2) is 6.02. The summed E-state index contributed by atoms with van der Waals surface area (Å²) in [4.78, 5) is 15.2. The van der Waals surface area contributed by atoms with E-state index in [4.69, 9.17) is 5.11 Å². The van der Waals surface area contributed by atoms with Gasteiger partial charge < -0.3 is 10.4 Å². The normalized spacial score (nSPS) is 11.4. The van der Waals surface area contributed by atoms with Gasteiger partial charge in [0.05, 0.1) is 6.54 Å². The number of nitrogens with zero attached hydrogens (tertiary/aromatic N) is 1. The van der Waals surface area contributed by atoms with E-state index in [-0.39, 0.29) is 17.9 Å². The quantitative estimate of drug-likeness (QED) is 0.832. The van der Waals surface area contributed by atoms with Crippen LogP contribution in [0.25, 0.3) is 0 Å². The molecule has 0 aromatic carbocycles. The molecule has 0 spiro atoms. The molecule has 2 aromatic rings. The maximum absolute atomic E-state index is 12.6. The van der Waals surface area contributed by atoms with E-state index >= 15 is 0 Å². The van der Waals surface area contributed by atoms with Crippen molar-refractivity contribution >= 4 is 39.1 Å². The largest absolute Gasteiger partial charge is 0.478 e. The maximum Gasteiger partial charge on any atom is 0.433 e. The van der Waals surface area contributed by atoms with Crippen molar-refractivity contribution in [2.75, 3.05) is 5.32 Å². The van der Waals surface area contributed by atoms with Crippen molar-refractivity contribution in [3.05, 3.63) is 44.2 Å². The summed E-state index contributed by atoms with van der Waals surface area (Å²) in [5, 5.41) is 13.4. The molecule has 21 heavy (non-hydrogen) atoms. The zero-order chi connectivity index (χ0) is 15.6. The number of aromatic nitrogens is 1. The number of nitrogens with one attached hydrogen (secondary N) is 1. The molecule has 2 aromatic heterocycles. The van der Waals surface area contributed by atoms with E-state index in [0.29, 0.717) is 6.07 Å². The summed E-state index contributed by atoms with van der Waals surface area (Å²) in [7, 11) is 0. The van der Waals surface area contributed by atoms with E-state index < -0.39 is 17.8 Å². The number of hydrogen-bond acceptors (Lipinski definition) is 4. The van der Waals surface area contributed by atoms with Crippen LogP contribution in [0, 0.1) is 0 Å². The summed E-state index contributed by atoms with van der Waals surface area (Å²) >= 11 is 4.64. The summed E-state index contributed by atoms with van der Waals surface area (Å²) in [6.45, 7) is 0.185. The third kappa shape index (κ3) is 3.94. The van der Waals surface area contributed by atoms with E-state index in [1.165, 1.54) is 11.3 Å². The fraction of sp³-hybridized carbons (Fsp3) is 0.167. The number of rotatable bonds is 4. The van der Waals surface area contributed by atoms with Gasteiger partial charge in [-0.2, -0.15) is 13.2 Å². The molecule has 112 valence electrons. The number of carboxylic acids is 1. The number of pyridine rings is 1. The average molecular weight is 381 g/mol. The highest BCUT2D eigenvalue weighted by Crippen LogP contribution is 2.30. The van der Waals surface area contributed by atoms with Gasteiger partial charge in [-0.3, -0.25) is 0 Å². The predicted octanol–water partition coefficient (Wildman–Crippen LogP) is 4.23. The molecule has 4 nitrogen and oxygen atoms in total. The highest BCUT2D eigenvalue weighted by atomic mass is 79.9. The van der Waals surface area contributed by atoms with Crippen LogP contribution in [0.3, 0.4) is 0 Å². The highest BCUT2D eigenvalue weighted by Gasteiger charge is 2.33. The molecule has 0 bridgehead atoms. The number of carboxylic acid groups (broad SMARTS) is 1. The smallest absolute Gasteiger partial charge is 0.433 e. The molecule has 0 unspecified atom stereocenters. The van der Waals surface area contributed by atoms with Gasteiger partial charge in [0.1, 0.15) is 17.1 Å². The van der Waals surface area contributed by atoms with E-state index in [2.05, 4.69) is 26.2 Å². The Kier molecular flexibility index (Phi) is 4.52. The lowest BCUT2D eigenvalue weighted by Gasteiger charge is -2.11. The third-order valence-electron chi connectivity index (χ3n) is 2.47. The van der Waals surface area contributed by atoms with Gasteiger partial charge in [-0.1, -0.05) is 0 Å². The van der Waals surface area contributed by atoms with Crippen molar-refractivity contribution in [3.63, 3.8) is 0 Å². The number of carbonyl (C=O) groups is 1. The highest BCUT2D eigenvalue weighted by molar-refractivity contribution is 9.10. The number of alkyl halides is 3. The van der Waals surface area contributed by atoms with Crippen molar-refractivity contribution in [3.8, 4) is 0 Å². The molecular formula is C12H8BrF3N2O2S. The Balaban J connectivity index is 2.28. The van der Waals surface area contributed by atoms with Crippen molar-refractivity contribution in [1.29, 1.82) is 0 Å². The molecule has 9 heteroatoms. The van der Waals surface area contributed by atoms with Crippen molar-refractivity contribution < 1.29 is 23.1 Å². The SMILES string of the molecule is O=C(O)c1ccc(C(F)(F)F)nc1NCc1cc(Br)cs1. The van der Waals surface area contributed by atoms with Crippen LogP contribution >= 0.6 is 27.3 Å². The van der Waals surface area contributed by atoms with Gasteiger partial charge in [-0.25, -0.2) is 9.78 Å². The number of aromatic carboxylic acids is 1. The first-order chi connectivity index (χ1) is 9.77. The van der Waals surface area contributed by atoms with Crippen molar-refractivity contribution in [2.45, 2.75) is 12.7 Å². The number of anilines is 1. The van der Waals surface area contributed by atoms with Crippen molar-refractivity contribution in [2.24, 2.45) is 0 Å². The third-order valence-corrected chi connectivity index (χ3v) is 4.17. The van der Waals surface area contributed by atoms with Gasteiger partial charge >= 0.3 is 12.1 Å². The van der Waals surface area contributed by atoms with Crippen LogP contribution < -0.4 is 5.32 Å². The Morgan fingerprint density at radius 3 is 2.67 bits per heavy atom. The summed E-state index contributed by atoms with van der Waals surface area (Å²) < 4.78 is 38.7. The minimum Gasteiger partial charge on any atom is -0.478 e. The van der Waals surface area contributed by atoms with Crippen LogP contribution in [0.15, 0.2) is 28.1 Å². The maximum atomic E-state index is 12.6. The first-order valence-corrected chi connectivity index (χ1v) is 7.23. The molecule has 2 heterocycles. The number of halogens is 4. The molecule has 0 aliphatic heterocycles. The first-order valence-electron chi connectivity index (χ1n) is 5.55. The van der Waals surface area contributed by atoms with Gasteiger partial charge in [0.2, 0.25) is 0 Å². The molecule has 0 saturated heterocycles. The van der Waals surface area contributed by atoms with Crippen molar-refractivity contribution in [1.82, 2.24) is 4.98 Å². The van der Waals surface area contributed by atoms with E-state index in [1.54, 1.807) is 6.07 Å².